The van der Waals surface area contributed by atoms with Crippen molar-refractivity contribution in [3.05, 3.63) is 76.7 Å². The Balaban J connectivity index is 1.34. The van der Waals surface area contributed by atoms with Crippen molar-refractivity contribution in [1.82, 2.24) is 29.9 Å². The van der Waals surface area contributed by atoms with E-state index in [-0.39, 0.29) is 5.91 Å². The van der Waals surface area contributed by atoms with Crippen LogP contribution in [0.2, 0.25) is 0 Å². The van der Waals surface area contributed by atoms with Crippen molar-refractivity contribution >= 4 is 5.91 Å². The Labute approximate surface area is 183 Å². The van der Waals surface area contributed by atoms with Crippen molar-refractivity contribution in [2.75, 3.05) is 33.2 Å². The summed E-state index contributed by atoms with van der Waals surface area (Å²) in [7, 11) is 2.17. The Morgan fingerprint density at radius 1 is 1.03 bits per heavy atom. The molecule has 1 aromatic carbocycles. The minimum Gasteiger partial charge on any atom is -0.348 e. The van der Waals surface area contributed by atoms with Crippen LogP contribution in [0.25, 0.3) is 5.82 Å². The Morgan fingerprint density at radius 3 is 2.48 bits per heavy atom. The summed E-state index contributed by atoms with van der Waals surface area (Å²) < 4.78 is 1.78. The number of benzene rings is 1. The summed E-state index contributed by atoms with van der Waals surface area (Å²) in [6.07, 6.45) is 1.60. The minimum absolute atomic E-state index is 0.128. The number of likely N-dealkylation sites (N-methyl/N-ethyl adjacent to an activating group) is 1. The lowest BCUT2D eigenvalue weighted by molar-refractivity contribution is 0.0950. The summed E-state index contributed by atoms with van der Waals surface area (Å²) in [5, 5.41) is 7.44. The predicted octanol–water partition coefficient (Wildman–Crippen LogP) is 2.56. The van der Waals surface area contributed by atoms with Gasteiger partial charge in [-0.2, -0.15) is 5.10 Å². The quantitative estimate of drug-likeness (QED) is 0.667. The lowest BCUT2D eigenvalue weighted by atomic mass is 10.1. The van der Waals surface area contributed by atoms with Gasteiger partial charge in [-0.3, -0.25) is 9.69 Å². The van der Waals surface area contributed by atoms with E-state index in [1.165, 1.54) is 5.56 Å². The minimum atomic E-state index is -0.128. The van der Waals surface area contributed by atoms with Crippen LogP contribution < -0.4 is 5.32 Å². The number of hydrogen-bond acceptors (Lipinski definition) is 5. The molecule has 1 amide bonds. The lowest BCUT2D eigenvalue weighted by Gasteiger charge is -2.32. The van der Waals surface area contributed by atoms with E-state index in [1.54, 1.807) is 16.9 Å². The zero-order valence-electron chi connectivity index (χ0n) is 18.5. The molecule has 1 saturated heterocycles. The van der Waals surface area contributed by atoms with Crippen LogP contribution in [0.3, 0.4) is 0 Å². The van der Waals surface area contributed by atoms with Gasteiger partial charge in [-0.1, -0.05) is 24.3 Å². The molecule has 0 unspecified atom stereocenters. The second kappa shape index (κ2) is 9.41. The first kappa shape index (κ1) is 21.2. The number of carbonyl (C=O) groups excluding carboxylic acids is 1. The number of aromatic nitrogens is 3. The standard InChI is InChI=1S/C24H30N6O/c1-18-13-19(2)30(27-18)23-8-7-22(16-25-23)24(31)26-15-20-5-4-6-21(14-20)17-29-11-9-28(3)10-12-29/h4-8,13-14,16H,9-12,15,17H2,1-3H3,(H,26,31). The molecule has 0 aliphatic carbocycles. The fourth-order valence-corrected chi connectivity index (χ4v) is 3.89. The van der Waals surface area contributed by atoms with E-state index >= 15 is 0 Å². The maximum atomic E-state index is 12.6. The molecule has 0 atom stereocenters. The van der Waals surface area contributed by atoms with Crippen LogP contribution in [0.5, 0.6) is 0 Å². The molecule has 1 N–H and O–H groups in total. The van der Waals surface area contributed by atoms with Crippen LogP contribution in [0.1, 0.15) is 32.9 Å². The van der Waals surface area contributed by atoms with E-state index in [9.17, 15) is 4.79 Å². The summed E-state index contributed by atoms with van der Waals surface area (Å²) in [5.74, 6) is 0.579. The highest BCUT2D eigenvalue weighted by molar-refractivity contribution is 5.93. The largest absolute Gasteiger partial charge is 0.348 e. The molecule has 7 heteroatoms. The molecule has 3 aromatic rings. The van der Waals surface area contributed by atoms with Crippen molar-refractivity contribution in [3.63, 3.8) is 0 Å². The van der Waals surface area contributed by atoms with Gasteiger partial charge in [-0.05, 0) is 50.2 Å². The van der Waals surface area contributed by atoms with Gasteiger partial charge in [-0.15, -0.1) is 0 Å². The molecule has 3 heterocycles. The van der Waals surface area contributed by atoms with Gasteiger partial charge in [0, 0.05) is 51.2 Å². The Morgan fingerprint density at radius 2 is 1.81 bits per heavy atom. The van der Waals surface area contributed by atoms with Crippen LogP contribution in [-0.2, 0) is 13.1 Å². The molecule has 0 spiro atoms. The average Bonchev–Trinajstić information content (AvgIpc) is 3.12. The monoisotopic (exact) mass is 418 g/mol. The van der Waals surface area contributed by atoms with Gasteiger partial charge >= 0.3 is 0 Å². The summed E-state index contributed by atoms with van der Waals surface area (Å²) in [5.41, 5.74) is 4.88. The Hall–Kier alpha value is -3.03. The van der Waals surface area contributed by atoms with Crippen LogP contribution in [-0.4, -0.2) is 63.7 Å². The number of nitrogens with zero attached hydrogens (tertiary/aromatic N) is 5. The van der Waals surface area contributed by atoms with Gasteiger partial charge in [0.2, 0.25) is 0 Å². The molecule has 0 bridgehead atoms. The number of piperazine rings is 1. The van der Waals surface area contributed by atoms with Crippen molar-refractivity contribution in [3.8, 4) is 5.82 Å². The molecular formula is C24H30N6O. The fraction of sp³-hybridized carbons (Fsp3) is 0.375. The average molecular weight is 419 g/mol. The molecule has 31 heavy (non-hydrogen) atoms. The highest BCUT2D eigenvalue weighted by atomic mass is 16.1. The third-order valence-corrected chi connectivity index (χ3v) is 5.68. The van der Waals surface area contributed by atoms with E-state index < -0.39 is 0 Å². The summed E-state index contributed by atoms with van der Waals surface area (Å²) >= 11 is 0. The third kappa shape index (κ3) is 5.37. The second-order valence-electron chi connectivity index (χ2n) is 8.33. The van der Waals surface area contributed by atoms with Gasteiger partial charge in [0.1, 0.15) is 0 Å². The lowest BCUT2D eigenvalue weighted by Crippen LogP contribution is -2.43. The molecule has 0 saturated carbocycles. The predicted molar refractivity (Wildman–Crippen MR) is 121 cm³/mol. The van der Waals surface area contributed by atoms with Crippen LogP contribution in [0.15, 0.2) is 48.7 Å². The first-order chi connectivity index (χ1) is 15.0. The number of nitrogens with one attached hydrogen (secondary N) is 1. The zero-order chi connectivity index (χ0) is 21.8. The first-order valence-corrected chi connectivity index (χ1v) is 10.7. The van der Waals surface area contributed by atoms with Crippen molar-refractivity contribution in [2.45, 2.75) is 26.9 Å². The molecule has 4 rings (SSSR count). The maximum Gasteiger partial charge on any atom is 0.253 e. The van der Waals surface area contributed by atoms with Gasteiger partial charge in [0.05, 0.1) is 11.3 Å². The van der Waals surface area contributed by atoms with Crippen LogP contribution in [0, 0.1) is 13.8 Å². The topological polar surface area (TPSA) is 66.3 Å². The number of pyridine rings is 1. The normalized spacial score (nSPS) is 15.2. The van der Waals surface area contributed by atoms with Crippen molar-refractivity contribution < 1.29 is 4.79 Å². The second-order valence-corrected chi connectivity index (χ2v) is 8.33. The Kier molecular flexibility index (Phi) is 6.44. The summed E-state index contributed by atoms with van der Waals surface area (Å²) in [4.78, 5) is 21.8. The molecule has 1 fully saturated rings. The number of amides is 1. The van der Waals surface area contributed by atoms with E-state index in [4.69, 9.17) is 0 Å². The Bertz CT molecular complexity index is 1030. The molecule has 2 aromatic heterocycles. The van der Waals surface area contributed by atoms with Crippen LogP contribution in [0.4, 0.5) is 0 Å². The van der Waals surface area contributed by atoms with E-state index in [0.717, 1.165) is 49.7 Å². The van der Waals surface area contributed by atoms with Crippen molar-refractivity contribution in [1.29, 1.82) is 0 Å². The highest BCUT2D eigenvalue weighted by Gasteiger charge is 2.14. The number of aryl methyl sites for hydroxylation is 2. The highest BCUT2D eigenvalue weighted by Crippen LogP contribution is 2.12. The smallest absolute Gasteiger partial charge is 0.253 e. The van der Waals surface area contributed by atoms with Crippen molar-refractivity contribution in [2.24, 2.45) is 0 Å². The fourth-order valence-electron chi connectivity index (χ4n) is 3.89. The number of rotatable bonds is 6. The van der Waals surface area contributed by atoms with E-state index in [0.29, 0.717) is 17.9 Å². The molecule has 162 valence electrons. The van der Waals surface area contributed by atoms with Crippen LogP contribution >= 0.6 is 0 Å². The molecule has 0 radical (unpaired) electrons. The van der Waals surface area contributed by atoms with Gasteiger partial charge in [0.25, 0.3) is 5.91 Å². The van der Waals surface area contributed by atoms with Gasteiger partial charge < -0.3 is 10.2 Å². The first-order valence-electron chi connectivity index (χ1n) is 10.7. The third-order valence-electron chi connectivity index (χ3n) is 5.68. The maximum absolute atomic E-state index is 12.6. The molecule has 1 aliphatic rings. The zero-order valence-corrected chi connectivity index (χ0v) is 18.5. The number of carbonyl (C=O) groups is 1. The molecular weight excluding hydrogens is 388 g/mol. The number of hydrogen-bond donors (Lipinski definition) is 1. The van der Waals surface area contributed by atoms with E-state index in [1.807, 2.05) is 26.0 Å². The van der Waals surface area contributed by atoms with Gasteiger partial charge in [0.15, 0.2) is 5.82 Å². The molecule has 7 nitrogen and oxygen atoms in total. The van der Waals surface area contributed by atoms with Gasteiger partial charge in [-0.25, -0.2) is 9.67 Å². The molecule has 1 aliphatic heterocycles. The summed E-state index contributed by atoms with van der Waals surface area (Å²) in [6.45, 7) is 9.80. The van der Waals surface area contributed by atoms with E-state index in [2.05, 4.69) is 56.5 Å². The SMILES string of the molecule is Cc1cc(C)n(-c2ccc(C(=O)NCc3cccc(CN4CCN(C)CC4)c3)cn2)n1. The summed E-state index contributed by atoms with van der Waals surface area (Å²) in [6, 6.07) is 14.1.